The summed E-state index contributed by atoms with van der Waals surface area (Å²) in [7, 11) is -3.48. The van der Waals surface area contributed by atoms with Crippen molar-refractivity contribution in [2.75, 3.05) is 11.3 Å². The summed E-state index contributed by atoms with van der Waals surface area (Å²) in [4.78, 5) is 0. The van der Waals surface area contributed by atoms with Gasteiger partial charge in [0.2, 0.25) is 0 Å². The fourth-order valence-electron chi connectivity index (χ4n) is 2.03. The van der Waals surface area contributed by atoms with Gasteiger partial charge in [-0.2, -0.15) is 13.1 Å². The van der Waals surface area contributed by atoms with Crippen molar-refractivity contribution in [3.05, 3.63) is 29.8 Å². The highest BCUT2D eigenvalue weighted by Crippen LogP contribution is 2.25. The SMILES string of the molecule is CCCNC(C)c1ccccc1NS(=O)(=O)NC1CC1. The normalized spacial score (nSPS) is 16.9. The molecule has 1 aromatic carbocycles. The molecule has 0 aliphatic heterocycles. The van der Waals surface area contributed by atoms with Crippen LogP contribution in [-0.4, -0.2) is 21.0 Å². The van der Waals surface area contributed by atoms with E-state index in [4.69, 9.17) is 0 Å². The first-order valence-electron chi connectivity index (χ1n) is 7.14. The van der Waals surface area contributed by atoms with E-state index in [1.165, 1.54) is 0 Å². The van der Waals surface area contributed by atoms with E-state index < -0.39 is 10.2 Å². The van der Waals surface area contributed by atoms with Gasteiger partial charge in [0.15, 0.2) is 0 Å². The molecular weight excluding hydrogens is 274 g/mol. The third-order valence-electron chi connectivity index (χ3n) is 3.27. The number of hydrogen-bond acceptors (Lipinski definition) is 3. The monoisotopic (exact) mass is 297 g/mol. The molecule has 6 heteroatoms. The van der Waals surface area contributed by atoms with E-state index in [1.54, 1.807) is 6.07 Å². The van der Waals surface area contributed by atoms with Crippen LogP contribution in [-0.2, 0) is 10.2 Å². The smallest absolute Gasteiger partial charge is 0.299 e. The van der Waals surface area contributed by atoms with Gasteiger partial charge in [-0.25, -0.2) is 0 Å². The molecule has 0 radical (unpaired) electrons. The molecule has 20 heavy (non-hydrogen) atoms. The van der Waals surface area contributed by atoms with Crippen LogP contribution in [0, 0.1) is 0 Å². The molecule has 0 amide bonds. The van der Waals surface area contributed by atoms with Crippen molar-refractivity contribution in [3.63, 3.8) is 0 Å². The first-order valence-corrected chi connectivity index (χ1v) is 8.62. The molecule has 5 nitrogen and oxygen atoms in total. The number of hydrogen-bond donors (Lipinski definition) is 3. The fourth-order valence-corrected chi connectivity index (χ4v) is 3.24. The molecule has 1 atom stereocenters. The summed E-state index contributed by atoms with van der Waals surface area (Å²) in [6.45, 7) is 5.05. The molecule has 0 heterocycles. The van der Waals surface area contributed by atoms with Crippen LogP contribution in [0.4, 0.5) is 5.69 Å². The Hall–Kier alpha value is -1.11. The molecule has 0 aromatic heterocycles. The van der Waals surface area contributed by atoms with Crippen molar-refractivity contribution in [2.24, 2.45) is 0 Å². The lowest BCUT2D eigenvalue weighted by Gasteiger charge is -2.18. The van der Waals surface area contributed by atoms with Crippen molar-refractivity contribution in [3.8, 4) is 0 Å². The van der Waals surface area contributed by atoms with Gasteiger partial charge in [0.25, 0.3) is 10.2 Å². The zero-order chi connectivity index (χ0) is 14.6. The summed E-state index contributed by atoms with van der Waals surface area (Å²) in [6, 6.07) is 7.72. The van der Waals surface area contributed by atoms with Crippen LogP contribution >= 0.6 is 0 Å². The quantitative estimate of drug-likeness (QED) is 0.688. The predicted octanol–water partition coefficient (Wildman–Crippen LogP) is 2.16. The second kappa shape index (κ2) is 6.56. The lowest BCUT2D eigenvalue weighted by Crippen LogP contribution is -2.32. The molecule has 1 aliphatic carbocycles. The average Bonchev–Trinajstić information content (AvgIpc) is 3.19. The van der Waals surface area contributed by atoms with Crippen LogP contribution in [0.25, 0.3) is 0 Å². The molecule has 1 fully saturated rings. The molecule has 1 saturated carbocycles. The van der Waals surface area contributed by atoms with Crippen LogP contribution in [0.2, 0.25) is 0 Å². The third-order valence-corrected chi connectivity index (χ3v) is 4.40. The van der Waals surface area contributed by atoms with Crippen molar-refractivity contribution in [1.82, 2.24) is 10.0 Å². The van der Waals surface area contributed by atoms with E-state index >= 15 is 0 Å². The third kappa shape index (κ3) is 4.47. The number of anilines is 1. The number of nitrogens with one attached hydrogen (secondary N) is 3. The topological polar surface area (TPSA) is 70.2 Å². The first-order chi connectivity index (χ1) is 9.52. The number of rotatable bonds is 8. The summed E-state index contributed by atoms with van der Waals surface area (Å²) in [6.07, 6.45) is 2.90. The molecule has 3 N–H and O–H groups in total. The molecule has 1 unspecified atom stereocenters. The molecule has 0 bridgehead atoms. The van der Waals surface area contributed by atoms with Crippen LogP contribution < -0.4 is 14.8 Å². The Morgan fingerprint density at radius 1 is 1.30 bits per heavy atom. The van der Waals surface area contributed by atoms with Gasteiger partial charge in [-0.3, -0.25) is 4.72 Å². The first kappa shape index (κ1) is 15.3. The van der Waals surface area contributed by atoms with Crippen molar-refractivity contribution < 1.29 is 8.42 Å². The van der Waals surface area contributed by atoms with E-state index in [2.05, 4.69) is 21.7 Å². The fraction of sp³-hybridized carbons (Fsp3) is 0.571. The summed E-state index contributed by atoms with van der Waals surface area (Å²) in [5.41, 5.74) is 1.60. The van der Waals surface area contributed by atoms with Crippen LogP contribution in [0.1, 0.15) is 44.7 Å². The van der Waals surface area contributed by atoms with E-state index in [0.717, 1.165) is 31.4 Å². The minimum Gasteiger partial charge on any atom is -0.310 e. The van der Waals surface area contributed by atoms with Gasteiger partial charge in [0.05, 0.1) is 5.69 Å². The summed E-state index contributed by atoms with van der Waals surface area (Å²) >= 11 is 0. The largest absolute Gasteiger partial charge is 0.310 e. The van der Waals surface area contributed by atoms with Gasteiger partial charge in [-0.15, -0.1) is 0 Å². The highest BCUT2D eigenvalue weighted by atomic mass is 32.2. The summed E-state index contributed by atoms with van der Waals surface area (Å²) < 4.78 is 29.3. The second-order valence-electron chi connectivity index (χ2n) is 5.26. The predicted molar refractivity (Wildman–Crippen MR) is 81.9 cm³/mol. The molecule has 1 aromatic rings. The zero-order valence-corrected chi connectivity index (χ0v) is 12.8. The molecule has 0 saturated heterocycles. The van der Waals surface area contributed by atoms with Gasteiger partial charge in [-0.05, 0) is 44.4 Å². The lowest BCUT2D eigenvalue weighted by molar-refractivity contribution is 0.571. The summed E-state index contributed by atoms with van der Waals surface area (Å²) in [5, 5.41) is 3.37. The number of benzene rings is 1. The maximum Gasteiger partial charge on any atom is 0.299 e. The molecular formula is C14H23N3O2S. The van der Waals surface area contributed by atoms with Crippen molar-refractivity contribution in [2.45, 2.75) is 45.2 Å². The molecule has 1 aliphatic rings. The lowest BCUT2D eigenvalue weighted by atomic mass is 10.1. The highest BCUT2D eigenvalue weighted by molar-refractivity contribution is 7.90. The Labute approximate surface area is 121 Å². The van der Waals surface area contributed by atoms with E-state index in [9.17, 15) is 8.42 Å². The number of para-hydroxylation sites is 1. The Morgan fingerprint density at radius 3 is 2.65 bits per heavy atom. The molecule has 0 spiro atoms. The Bertz CT molecular complexity index is 541. The van der Waals surface area contributed by atoms with Crippen LogP contribution in [0.15, 0.2) is 24.3 Å². The second-order valence-corrected chi connectivity index (χ2v) is 6.71. The maximum absolute atomic E-state index is 12.0. The average molecular weight is 297 g/mol. The van der Waals surface area contributed by atoms with Gasteiger partial charge in [0, 0.05) is 12.1 Å². The molecule has 112 valence electrons. The van der Waals surface area contributed by atoms with Crippen molar-refractivity contribution in [1.29, 1.82) is 0 Å². The van der Waals surface area contributed by atoms with Gasteiger partial charge >= 0.3 is 0 Å². The Balaban J connectivity index is 2.10. The summed E-state index contributed by atoms with van der Waals surface area (Å²) in [5.74, 6) is 0. The van der Waals surface area contributed by atoms with Crippen LogP contribution in [0.5, 0.6) is 0 Å². The minimum absolute atomic E-state index is 0.106. The Morgan fingerprint density at radius 2 is 2.00 bits per heavy atom. The Kier molecular flexibility index (Phi) is 5.01. The van der Waals surface area contributed by atoms with E-state index in [0.29, 0.717) is 5.69 Å². The van der Waals surface area contributed by atoms with Gasteiger partial charge in [0.1, 0.15) is 0 Å². The maximum atomic E-state index is 12.0. The minimum atomic E-state index is -3.48. The van der Waals surface area contributed by atoms with Crippen molar-refractivity contribution >= 4 is 15.9 Å². The van der Waals surface area contributed by atoms with Gasteiger partial charge < -0.3 is 5.32 Å². The van der Waals surface area contributed by atoms with Gasteiger partial charge in [-0.1, -0.05) is 25.1 Å². The van der Waals surface area contributed by atoms with E-state index in [-0.39, 0.29) is 12.1 Å². The van der Waals surface area contributed by atoms with E-state index in [1.807, 2.05) is 25.1 Å². The van der Waals surface area contributed by atoms with Crippen LogP contribution in [0.3, 0.4) is 0 Å². The zero-order valence-electron chi connectivity index (χ0n) is 12.0. The highest BCUT2D eigenvalue weighted by Gasteiger charge is 2.27. The standard InChI is InChI=1S/C14H23N3O2S/c1-3-10-15-11(2)13-6-4-5-7-14(13)17-20(18,19)16-12-8-9-12/h4-7,11-12,15-17H,3,8-10H2,1-2H3. The molecule has 2 rings (SSSR count).